The van der Waals surface area contributed by atoms with Gasteiger partial charge in [0.1, 0.15) is 5.82 Å². The van der Waals surface area contributed by atoms with E-state index in [0.29, 0.717) is 6.54 Å². The molecule has 0 spiro atoms. The SMILES string of the molecule is Cc1ccc(-c2nc(CCN)cn2C)cc1. The number of nitrogens with two attached hydrogens (primary N) is 1. The molecule has 0 aliphatic carbocycles. The Bertz CT molecular complexity index is 468. The summed E-state index contributed by atoms with van der Waals surface area (Å²) >= 11 is 0. The average molecular weight is 215 g/mol. The van der Waals surface area contributed by atoms with Crippen molar-refractivity contribution in [3.63, 3.8) is 0 Å². The summed E-state index contributed by atoms with van der Waals surface area (Å²) in [7, 11) is 2.02. The predicted molar refractivity (Wildman–Crippen MR) is 66.1 cm³/mol. The first-order valence-corrected chi connectivity index (χ1v) is 5.50. The number of rotatable bonds is 3. The van der Waals surface area contributed by atoms with Crippen LogP contribution in [0.2, 0.25) is 0 Å². The van der Waals surface area contributed by atoms with Crippen molar-refractivity contribution in [3.05, 3.63) is 41.7 Å². The van der Waals surface area contributed by atoms with E-state index < -0.39 is 0 Å². The highest BCUT2D eigenvalue weighted by Crippen LogP contribution is 2.18. The molecule has 0 saturated heterocycles. The van der Waals surface area contributed by atoms with Crippen molar-refractivity contribution in [1.29, 1.82) is 0 Å². The van der Waals surface area contributed by atoms with Crippen LogP contribution >= 0.6 is 0 Å². The Morgan fingerprint density at radius 1 is 1.25 bits per heavy atom. The Morgan fingerprint density at radius 2 is 1.94 bits per heavy atom. The second-order valence-corrected chi connectivity index (χ2v) is 4.07. The van der Waals surface area contributed by atoms with E-state index in [9.17, 15) is 0 Å². The molecule has 0 aliphatic rings. The molecular formula is C13H17N3. The van der Waals surface area contributed by atoms with Gasteiger partial charge in [-0.25, -0.2) is 4.98 Å². The molecule has 3 nitrogen and oxygen atoms in total. The van der Waals surface area contributed by atoms with Crippen LogP contribution in [-0.4, -0.2) is 16.1 Å². The van der Waals surface area contributed by atoms with Crippen molar-refractivity contribution in [2.45, 2.75) is 13.3 Å². The van der Waals surface area contributed by atoms with E-state index in [2.05, 4.69) is 40.7 Å². The lowest BCUT2D eigenvalue weighted by atomic mass is 10.1. The molecule has 1 aromatic carbocycles. The zero-order valence-electron chi connectivity index (χ0n) is 9.77. The fourth-order valence-electron chi connectivity index (χ4n) is 1.77. The fraction of sp³-hybridized carbons (Fsp3) is 0.308. The normalized spacial score (nSPS) is 10.7. The molecule has 3 heteroatoms. The van der Waals surface area contributed by atoms with Gasteiger partial charge >= 0.3 is 0 Å². The number of nitrogens with zero attached hydrogens (tertiary/aromatic N) is 2. The monoisotopic (exact) mass is 215 g/mol. The first kappa shape index (κ1) is 10.9. The molecule has 16 heavy (non-hydrogen) atoms. The van der Waals surface area contributed by atoms with Crippen molar-refractivity contribution in [1.82, 2.24) is 9.55 Å². The third kappa shape index (κ3) is 2.14. The Labute approximate surface area is 95.9 Å². The summed E-state index contributed by atoms with van der Waals surface area (Å²) in [6.07, 6.45) is 2.88. The first-order valence-electron chi connectivity index (χ1n) is 5.50. The van der Waals surface area contributed by atoms with Crippen molar-refractivity contribution in [2.24, 2.45) is 12.8 Å². The van der Waals surface area contributed by atoms with Crippen LogP contribution in [0.15, 0.2) is 30.5 Å². The Hall–Kier alpha value is -1.61. The van der Waals surface area contributed by atoms with Crippen LogP contribution in [-0.2, 0) is 13.5 Å². The van der Waals surface area contributed by atoms with Gasteiger partial charge < -0.3 is 10.3 Å². The van der Waals surface area contributed by atoms with E-state index in [1.807, 2.05) is 13.2 Å². The Balaban J connectivity index is 2.36. The maximum Gasteiger partial charge on any atom is 0.139 e. The molecule has 84 valence electrons. The van der Waals surface area contributed by atoms with Crippen molar-refractivity contribution < 1.29 is 0 Å². The summed E-state index contributed by atoms with van der Waals surface area (Å²) in [4.78, 5) is 4.58. The quantitative estimate of drug-likeness (QED) is 0.849. The van der Waals surface area contributed by atoms with Crippen LogP contribution < -0.4 is 5.73 Å². The molecule has 2 N–H and O–H groups in total. The van der Waals surface area contributed by atoms with Crippen LogP contribution in [0.5, 0.6) is 0 Å². The van der Waals surface area contributed by atoms with Crippen LogP contribution in [0.3, 0.4) is 0 Å². The maximum absolute atomic E-state index is 5.53. The minimum Gasteiger partial charge on any atom is -0.334 e. The summed E-state index contributed by atoms with van der Waals surface area (Å²) in [5.41, 5.74) is 9.00. The highest BCUT2D eigenvalue weighted by molar-refractivity contribution is 5.56. The molecule has 0 unspecified atom stereocenters. The summed E-state index contributed by atoms with van der Waals surface area (Å²) < 4.78 is 2.05. The van der Waals surface area contributed by atoms with Gasteiger partial charge in [0.2, 0.25) is 0 Å². The van der Waals surface area contributed by atoms with E-state index in [4.69, 9.17) is 5.73 Å². The summed E-state index contributed by atoms with van der Waals surface area (Å²) in [6, 6.07) is 8.41. The molecule has 1 aromatic heterocycles. The molecule has 0 fully saturated rings. The molecule has 0 aliphatic heterocycles. The molecule has 0 radical (unpaired) electrons. The predicted octanol–water partition coefficient (Wildman–Crippen LogP) is 1.90. The Morgan fingerprint density at radius 3 is 2.56 bits per heavy atom. The van der Waals surface area contributed by atoms with Gasteiger partial charge in [0.05, 0.1) is 5.69 Å². The van der Waals surface area contributed by atoms with Gasteiger partial charge in [-0.3, -0.25) is 0 Å². The van der Waals surface area contributed by atoms with E-state index in [1.165, 1.54) is 5.56 Å². The maximum atomic E-state index is 5.53. The number of aromatic nitrogens is 2. The van der Waals surface area contributed by atoms with Gasteiger partial charge in [0.15, 0.2) is 0 Å². The van der Waals surface area contributed by atoms with E-state index >= 15 is 0 Å². The number of aryl methyl sites for hydroxylation is 2. The number of hydrogen-bond acceptors (Lipinski definition) is 2. The third-order valence-electron chi connectivity index (χ3n) is 2.64. The number of hydrogen-bond donors (Lipinski definition) is 1. The molecular weight excluding hydrogens is 198 g/mol. The van der Waals surface area contributed by atoms with Crippen LogP contribution in [0, 0.1) is 6.92 Å². The molecule has 0 saturated carbocycles. The summed E-state index contributed by atoms with van der Waals surface area (Å²) in [5, 5.41) is 0. The lowest BCUT2D eigenvalue weighted by Crippen LogP contribution is -2.02. The zero-order chi connectivity index (χ0) is 11.5. The smallest absolute Gasteiger partial charge is 0.139 e. The van der Waals surface area contributed by atoms with Crippen molar-refractivity contribution in [3.8, 4) is 11.4 Å². The molecule has 1 heterocycles. The lowest BCUT2D eigenvalue weighted by Gasteiger charge is -2.01. The first-order chi connectivity index (χ1) is 7.70. The molecule has 0 atom stereocenters. The zero-order valence-corrected chi connectivity index (χ0v) is 9.77. The number of imidazole rings is 1. The van der Waals surface area contributed by atoms with Crippen LogP contribution in [0.1, 0.15) is 11.3 Å². The standard InChI is InChI=1S/C13H17N3/c1-10-3-5-11(6-4-10)13-15-12(7-8-14)9-16(13)2/h3-6,9H,7-8,14H2,1-2H3. The highest BCUT2D eigenvalue weighted by atomic mass is 15.0. The van der Waals surface area contributed by atoms with Crippen molar-refractivity contribution >= 4 is 0 Å². The van der Waals surface area contributed by atoms with Gasteiger partial charge in [0.25, 0.3) is 0 Å². The van der Waals surface area contributed by atoms with Gasteiger partial charge in [-0.05, 0) is 13.5 Å². The van der Waals surface area contributed by atoms with Crippen LogP contribution in [0.4, 0.5) is 0 Å². The molecule has 0 amide bonds. The Kier molecular flexibility index (Phi) is 3.06. The second kappa shape index (κ2) is 4.49. The van der Waals surface area contributed by atoms with Gasteiger partial charge in [-0.1, -0.05) is 29.8 Å². The van der Waals surface area contributed by atoms with Gasteiger partial charge in [0, 0.05) is 25.2 Å². The van der Waals surface area contributed by atoms with Gasteiger partial charge in [-0.2, -0.15) is 0 Å². The second-order valence-electron chi connectivity index (χ2n) is 4.07. The lowest BCUT2D eigenvalue weighted by molar-refractivity contribution is 0.912. The highest BCUT2D eigenvalue weighted by Gasteiger charge is 2.06. The summed E-state index contributed by atoms with van der Waals surface area (Å²) in [5.74, 6) is 1.00. The fourth-order valence-corrected chi connectivity index (χ4v) is 1.77. The van der Waals surface area contributed by atoms with E-state index in [1.54, 1.807) is 0 Å². The van der Waals surface area contributed by atoms with Crippen LogP contribution in [0.25, 0.3) is 11.4 Å². The van der Waals surface area contributed by atoms with E-state index in [-0.39, 0.29) is 0 Å². The molecule has 2 aromatic rings. The molecule has 0 bridgehead atoms. The van der Waals surface area contributed by atoms with Gasteiger partial charge in [-0.15, -0.1) is 0 Å². The minimum atomic E-state index is 0.643. The average Bonchev–Trinajstić information content (AvgIpc) is 2.61. The molecule has 2 rings (SSSR count). The minimum absolute atomic E-state index is 0.643. The topological polar surface area (TPSA) is 43.8 Å². The summed E-state index contributed by atoms with van der Waals surface area (Å²) in [6.45, 7) is 2.73. The van der Waals surface area contributed by atoms with E-state index in [0.717, 1.165) is 23.5 Å². The van der Waals surface area contributed by atoms with Crippen molar-refractivity contribution in [2.75, 3.05) is 6.54 Å². The largest absolute Gasteiger partial charge is 0.334 e. The third-order valence-corrected chi connectivity index (χ3v) is 2.64. The number of benzene rings is 1.